The molecule has 2 aromatic rings. The highest BCUT2D eigenvalue weighted by molar-refractivity contribution is 6.31. The van der Waals surface area contributed by atoms with E-state index < -0.39 is 0 Å². The molecule has 0 bridgehead atoms. The van der Waals surface area contributed by atoms with Crippen LogP contribution in [-0.2, 0) is 0 Å². The van der Waals surface area contributed by atoms with Gasteiger partial charge in [0.25, 0.3) is 5.91 Å². The minimum atomic E-state index is -0.219. The molecule has 0 aliphatic carbocycles. The summed E-state index contributed by atoms with van der Waals surface area (Å²) in [7, 11) is 3.06. The third kappa shape index (κ3) is 2.95. The van der Waals surface area contributed by atoms with E-state index in [1.54, 1.807) is 41.3 Å². The lowest BCUT2D eigenvalue weighted by atomic mass is 9.99. The highest BCUT2D eigenvalue weighted by Crippen LogP contribution is 2.32. The molecule has 2 aromatic carbocycles. The molecule has 6 heteroatoms. The summed E-state index contributed by atoms with van der Waals surface area (Å²) >= 11 is 5.98. The van der Waals surface area contributed by atoms with Crippen LogP contribution in [-0.4, -0.2) is 32.5 Å². The van der Waals surface area contributed by atoms with Crippen molar-refractivity contribution in [2.45, 2.75) is 6.42 Å². The molecule has 0 aromatic heterocycles. The predicted molar refractivity (Wildman–Crippen MR) is 91.6 cm³/mol. The lowest BCUT2D eigenvalue weighted by molar-refractivity contribution is 0.0954. The molecule has 124 valence electrons. The van der Waals surface area contributed by atoms with Gasteiger partial charge in [-0.1, -0.05) is 11.6 Å². The Morgan fingerprint density at radius 2 is 1.75 bits per heavy atom. The SMILES string of the molecule is COc1cc(OC)cc(C(=O)N2CCC(=O)c3cc(Cl)ccc32)c1. The summed E-state index contributed by atoms with van der Waals surface area (Å²) in [5.41, 5.74) is 1.47. The van der Waals surface area contributed by atoms with Gasteiger partial charge in [-0.15, -0.1) is 0 Å². The Bertz CT molecular complexity index is 796. The van der Waals surface area contributed by atoms with Gasteiger partial charge in [-0.2, -0.15) is 0 Å². The average molecular weight is 346 g/mol. The first-order valence-electron chi connectivity index (χ1n) is 7.41. The van der Waals surface area contributed by atoms with Crippen LogP contribution in [0.4, 0.5) is 5.69 Å². The molecule has 1 aliphatic heterocycles. The number of nitrogens with zero attached hydrogens (tertiary/aromatic N) is 1. The minimum absolute atomic E-state index is 0.0141. The number of rotatable bonds is 3. The number of fused-ring (bicyclic) bond motifs is 1. The van der Waals surface area contributed by atoms with Gasteiger partial charge >= 0.3 is 0 Å². The number of anilines is 1. The Hall–Kier alpha value is -2.53. The van der Waals surface area contributed by atoms with E-state index in [-0.39, 0.29) is 18.1 Å². The second-order valence-corrected chi connectivity index (χ2v) is 5.83. The second-order valence-electron chi connectivity index (χ2n) is 5.39. The number of hydrogen-bond acceptors (Lipinski definition) is 4. The zero-order chi connectivity index (χ0) is 17.3. The Morgan fingerprint density at radius 3 is 2.38 bits per heavy atom. The molecule has 1 heterocycles. The van der Waals surface area contributed by atoms with E-state index in [4.69, 9.17) is 21.1 Å². The first kappa shape index (κ1) is 16.3. The molecule has 0 atom stereocenters. The molecule has 3 rings (SSSR count). The highest BCUT2D eigenvalue weighted by Gasteiger charge is 2.28. The zero-order valence-corrected chi connectivity index (χ0v) is 14.1. The fourth-order valence-electron chi connectivity index (χ4n) is 2.73. The summed E-state index contributed by atoms with van der Waals surface area (Å²) in [5.74, 6) is 0.826. The van der Waals surface area contributed by atoms with Crippen LogP contribution >= 0.6 is 11.6 Å². The van der Waals surface area contributed by atoms with Crippen LogP contribution in [0.15, 0.2) is 36.4 Å². The van der Waals surface area contributed by atoms with Crippen molar-refractivity contribution in [3.8, 4) is 11.5 Å². The summed E-state index contributed by atoms with van der Waals surface area (Å²) in [6.45, 7) is 0.325. The molecule has 1 aliphatic rings. The van der Waals surface area contributed by atoms with Crippen molar-refractivity contribution in [1.29, 1.82) is 0 Å². The van der Waals surface area contributed by atoms with Crippen molar-refractivity contribution in [1.82, 2.24) is 0 Å². The minimum Gasteiger partial charge on any atom is -0.497 e. The van der Waals surface area contributed by atoms with Gasteiger partial charge in [0.05, 0.1) is 19.9 Å². The number of halogens is 1. The summed E-state index contributed by atoms with van der Waals surface area (Å²) in [4.78, 5) is 26.7. The largest absolute Gasteiger partial charge is 0.497 e. The molecule has 1 amide bonds. The van der Waals surface area contributed by atoms with Crippen LogP contribution in [0.5, 0.6) is 11.5 Å². The molecule has 0 saturated carbocycles. The first-order valence-corrected chi connectivity index (χ1v) is 7.79. The molecule has 0 spiro atoms. The number of hydrogen-bond donors (Lipinski definition) is 0. The Balaban J connectivity index is 2.03. The van der Waals surface area contributed by atoms with Crippen molar-refractivity contribution in [3.63, 3.8) is 0 Å². The topological polar surface area (TPSA) is 55.8 Å². The van der Waals surface area contributed by atoms with Crippen molar-refractivity contribution in [3.05, 3.63) is 52.5 Å². The Kier molecular flexibility index (Phi) is 4.44. The third-order valence-electron chi connectivity index (χ3n) is 3.96. The predicted octanol–water partition coefficient (Wildman–Crippen LogP) is 3.59. The van der Waals surface area contributed by atoms with Crippen molar-refractivity contribution >= 4 is 29.0 Å². The monoisotopic (exact) mass is 345 g/mol. The Morgan fingerprint density at radius 1 is 1.08 bits per heavy atom. The van der Waals surface area contributed by atoms with Crippen LogP contribution in [0.2, 0.25) is 5.02 Å². The summed E-state index contributed by atoms with van der Waals surface area (Å²) < 4.78 is 10.4. The summed E-state index contributed by atoms with van der Waals surface area (Å²) in [5, 5.41) is 0.472. The molecule has 0 radical (unpaired) electrons. The number of ether oxygens (including phenoxy) is 2. The van der Waals surface area contributed by atoms with Crippen molar-refractivity contribution < 1.29 is 19.1 Å². The third-order valence-corrected chi connectivity index (χ3v) is 4.19. The fraction of sp³-hybridized carbons (Fsp3) is 0.222. The number of benzene rings is 2. The molecule has 5 nitrogen and oxygen atoms in total. The van der Waals surface area contributed by atoms with Gasteiger partial charge in [0.15, 0.2) is 5.78 Å². The van der Waals surface area contributed by atoms with Crippen molar-refractivity contribution in [2.75, 3.05) is 25.7 Å². The summed E-state index contributed by atoms with van der Waals surface area (Å²) in [6.07, 6.45) is 0.264. The van der Waals surface area contributed by atoms with Gasteiger partial charge < -0.3 is 14.4 Å². The van der Waals surface area contributed by atoms with Crippen molar-refractivity contribution in [2.24, 2.45) is 0 Å². The molecule has 0 unspecified atom stereocenters. The smallest absolute Gasteiger partial charge is 0.258 e. The normalized spacial score (nSPS) is 13.5. The summed E-state index contributed by atoms with van der Waals surface area (Å²) in [6, 6.07) is 9.97. The molecule has 0 saturated heterocycles. The first-order chi connectivity index (χ1) is 11.5. The fourth-order valence-corrected chi connectivity index (χ4v) is 2.91. The van der Waals surface area contributed by atoms with Crippen LogP contribution in [0.25, 0.3) is 0 Å². The maximum absolute atomic E-state index is 13.0. The highest BCUT2D eigenvalue weighted by atomic mass is 35.5. The second kappa shape index (κ2) is 6.53. The number of carbonyl (C=O) groups excluding carboxylic acids is 2. The molecule has 0 N–H and O–H groups in total. The lowest BCUT2D eigenvalue weighted by Crippen LogP contribution is -2.37. The number of ketones is 1. The van der Waals surface area contributed by atoms with Gasteiger partial charge in [0.1, 0.15) is 11.5 Å². The number of Topliss-reactive ketones (excluding diaryl/α,β-unsaturated/α-hetero) is 1. The molecule has 0 fully saturated rings. The van der Waals surface area contributed by atoms with Crippen LogP contribution < -0.4 is 14.4 Å². The number of carbonyl (C=O) groups is 2. The molecular weight excluding hydrogens is 330 g/mol. The van der Waals surface area contributed by atoms with Gasteiger partial charge in [-0.3, -0.25) is 9.59 Å². The molecular formula is C18H16ClNO4. The zero-order valence-electron chi connectivity index (χ0n) is 13.3. The van der Waals surface area contributed by atoms with Gasteiger partial charge in [0, 0.05) is 35.2 Å². The maximum Gasteiger partial charge on any atom is 0.258 e. The van der Waals surface area contributed by atoms with Crippen LogP contribution in [0.3, 0.4) is 0 Å². The van der Waals surface area contributed by atoms with Crippen LogP contribution in [0, 0.1) is 0 Å². The van der Waals surface area contributed by atoms with E-state index in [0.717, 1.165) is 0 Å². The van der Waals surface area contributed by atoms with E-state index >= 15 is 0 Å². The van der Waals surface area contributed by atoms with E-state index in [1.807, 2.05) is 0 Å². The van der Waals surface area contributed by atoms with E-state index in [9.17, 15) is 9.59 Å². The standard InChI is InChI=1S/C18H16ClNO4/c1-23-13-7-11(8-14(10-13)24-2)18(22)20-6-5-17(21)15-9-12(19)3-4-16(15)20/h3-4,7-10H,5-6H2,1-2H3. The van der Waals surface area contributed by atoms with Gasteiger partial charge in [-0.05, 0) is 30.3 Å². The number of amides is 1. The molecule has 24 heavy (non-hydrogen) atoms. The average Bonchev–Trinajstić information content (AvgIpc) is 2.61. The van der Waals surface area contributed by atoms with E-state index in [1.165, 1.54) is 14.2 Å². The Labute approximate surface area is 144 Å². The lowest BCUT2D eigenvalue weighted by Gasteiger charge is -2.29. The van der Waals surface area contributed by atoms with E-state index in [2.05, 4.69) is 0 Å². The maximum atomic E-state index is 13.0. The number of methoxy groups -OCH3 is 2. The van der Waals surface area contributed by atoms with E-state index in [0.29, 0.717) is 39.9 Å². The quantitative estimate of drug-likeness (QED) is 0.853. The van der Waals surface area contributed by atoms with Crippen LogP contribution in [0.1, 0.15) is 27.1 Å². The van der Waals surface area contributed by atoms with Gasteiger partial charge in [0.2, 0.25) is 0 Å². The van der Waals surface area contributed by atoms with Gasteiger partial charge in [-0.25, -0.2) is 0 Å².